The number of aromatic nitrogens is 2. The van der Waals surface area contributed by atoms with Gasteiger partial charge in [-0.05, 0) is 0 Å². The maximum Gasteiger partial charge on any atom is 0.304 e. The van der Waals surface area contributed by atoms with Crippen LogP contribution in [0.1, 0.15) is 0 Å². The third-order valence-corrected chi connectivity index (χ3v) is 0.792. The first-order valence-electron chi connectivity index (χ1n) is 2.15. The molecule has 1 aromatic heterocycles. The summed E-state index contributed by atoms with van der Waals surface area (Å²) in [5.74, 6) is -1.77. The lowest BCUT2D eigenvalue weighted by molar-refractivity contribution is 0.310. The summed E-state index contributed by atoms with van der Waals surface area (Å²) in [6, 6.07) is 0. The zero-order valence-electron chi connectivity index (χ0n) is 4.29. The smallest absolute Gasteiger partial charge is 0.304 e. The highest BCUT2D eigenvalue weighted by Crippen LogP contribution is 2.12. The Hall–Kier alpha value is -1.52. The summed E-state index contributed by atoms with van der Waals surface area (Å²) < 4.78 is 0. The molecule has 1 radical (unpaired) electrons. The number of H-pyrrole nitrogens is 1. The van der Waals surface area contributed by atoms with E-state index in [1.54, 1.807) is 0 Å². The number of hydrogen-bond acceptors (Lipinski definition) is 3. The van der Waals surface area contributed by atoms with Crippen LogP contribution in [0.5, 0.6) is 11.6 Å². The molecule has 0 aromatic carbocycles. The van der Waals surface area contributed by atoms with Crippen molar-refractivity contribution < 1.29 is 10.2 Å². The van der Waals surface area contributed by atoms with Crippen LogP contribution in [0.15, 0.2) is 11.1 Å². The molecule has 0 saturated carbocycles. The maximum atomic E-state index is 10.3. The van der Waals surface area contributed by atoms with Crippen LogP contribution in [0.25, 0.3) is 0 Å². The van der Waals surface area contributed by atoms with Gasteiger partial charge in [0.2, 0.25) is 0 Å². The van der Waals surface area contributed by atoms with Gasteiger partial charge in [0.05, 0.1) is 6.33 Å². The molecular formula is C4H3N2O3. The summed E-state index contributed by atoms with van der Waals surface area (Å²) in [4.78, 5) is 15.4. The number of aromatic amines is 1. The normalized spacial score (nSPS) is 9.33. The summed E-state index contributed by atoms with van der Waals surface area (Å²) in [6.45, 7) is 0. The highest BCUT2D eigenvalue weighted by atomic mass is 16.3. The number of aromatic hydroxyl groups is 1. The number of nitrogens with zero attached hydrogens (tertiary/aromatic N) is 1. The van der Waals surface area contributed by atoms with Gasteiger partial charge in [-0.3, -0.25) is 9.90 Å². The fourth-order valence-electron chi connectivity index (χ4n) is 0.378. The lowest BCUT2D eigenvalue weighted by Crippen LogP contribution is -2.03. The van der Waals surface area contributed by atoms with E-state index in [0.717, 1.165) is 6.33 Å². The van der Waals surface area contributed by atoms with E-state index in [2.05, 4.69) is 4.98 Å². The molecule has 1 aromatic rings. The van der Waals surface area contributed by atoms with E-state index in [4.69, 9.17) is 5.11 Å². The van der Waals surface area contributed by atoms with Gasteiger partial charge in [0.15, 0.2) is 0 Å². The summed E-state index contributed by atoms with van der Waals surface area (Å²) in [5.41, 5.74) is -0.859. The quantitative estimate of drug-likeness (QED) is 0.498. The monoisotopic (exact) mass is 127 g/mol. The molecule has 9 heavy (non-hydrogen) atoms. The Kier molecular flexibility index (Phi) is 1.11. The van der Waals surface area contributed by atoms with Gasteiger partial charge < -0.3 is 10.1 Å². The Bertz CT molecular complexity index is 267. The van der Waals surface area contributed by atoms with Crippen LogP contribution in [-0.2, 0) is 5.11 Å². The van der Waals surface area contributed by atoms with Crippen molar-refractivity contribution in [3.8, 4) is 11.6 Å². The second kappa shape index (κ2) is 1.77. The first kappa shape index (κ1) is 5.61. The van der Waals surface area contributed by atoms with Gasteiger partial charge in [-0.1, -0.05) is 0 Å². The number of nitrogens with one attached hydrogen (secondary N) is 1. The molecule has 0 atom stereocenters. The third-order valence-electron chi connectivity index (χ3n) is 0.792. The molecule has 0 aliphatic heterocycles. The minimum atomic E-state index is -1.00. The minimum Gasteiger partial charge on any atom is -0.490 e. The highest BCUT2D eigenvalue weighted by Gasteiger charge is 2.04. The van der Waals surface area contributed by atoms with E-state index in [1.165, 1.54) is 0 Å². The minimum absolute atomic E-state index is 0.765. The van der Waals surface area contributed by atoms with Crippen LogP contribution in [0.3, 0.4) is 0 Å². The third kappa shape index (κ3) is 0.835. The lowest BCUT2D eigenvalue weighted by Gasteiger charge is -1.86. The summed E-state index contributed by atoms with van der Waals surface area (Å²) >= 11 is 0. The van der Waals surface area contributed by atoms with Crippen LogP contribution >= 0.6 is 0 Å². The van der Waals surface area contributed by atoms with Crippen molar-refractivity contribution in [2.45, 2.75) is 0 Å². The molecule has 0 unspecified atom stereocenters. The second-order valence-electron chi connectivity index (χ2n) is 1.38. The largest absolute Gasteiger partial charge is 0.490 e. The Balaban J connectivity index is 3.43. The van der Waals surface area contributed by atoms with Crippen molar-refractivity contribution >= 4 is 0 Å². The average molecular weight is 127 g/mol. The molecule has 0 aliphatic carbocycles. The van der Waals surface area contributed by atoms with Gasteiger partial charge >= 0.3 is 11.3 Å². The van der Waals surface area contributed by atoms with Crippen molar-refractivity contribution in [2.24, 2.45) is 0 Å². The van der Waals surface area contributed by atoms with Crippen LogP contribution in [0.4, 0.5) is 0 Å². The Morgan fingerprint density at radius 3 is 2.78 bits per heavy atom. The molecule has 0 bridgehead atoms. The van der Waals surface area contributed by atoms with Crippen LogP contribution in [-0.4, -0.2) is 15.1 Å². The average Bonchev–Trinajstić information content (AvgIpc) is 1.83. The van der Waals surface area contributed by atoms with Crippen molar-refractivity contribution in [1.82, 2.24) is 9.97 Å². The topological polar surface area (TPSA) is 85.9 Å². The second-order valence-corrected chi connectivity index (χ2v) is 1.38. The van der Waals surface area contributed by atoms with Crippen molar-refractivity contribution in [1.29, 1.82) is 0 Å². The Labute approximate surface area is 49.6 Å². The standard InChI is InChI=1S/C4H3N2O3/c7-2-3(8)5-1-6-4(2)9/h1H,(H2,5,6,8,9). The van der Waals surface area contributed by atoms with E-state index in [1.807, 2.05) is 4.98 Å². The van der Waals surface area contributed by atoms with E-state index in [-0.39, 0.29) is 0 Å². The van der Waals surface area contributed by atoms with Crippen molar-refractivity contribution in [3.05, 3.63) is 16.7 Å². The molecule has 47 valence electrons. The molecule has 5 heteroatoms. The summed E-state index contributed by atoms with van der Waals surface area (Å²) in [7, 11) is 0. The maximum absolute atomic E-state index is 10.3. The molecule has 5 nitrogen and oxygen atoms in total. The molecule has 1 rings (SSSR count). The van der Waals surface area contributed by atoms with Gasteiger partial charge in [0.25, 0.3) is 5.88 Å². The first-order chi connectivity index (χ1) is 4.22. The summed E-state index contributed by atoms with van der Waals surface area (Å²) in [6.07, 6.45) is 0.957. The van der Waals surface area contributed by atoms with Crippen molar-refractivity contribution in [3.63, 3.8) is 0 Å². The highest BCUT2D eigenvalue weighted by molar-refractivity contribution is 5.25. The molecular weight excluding hydrogens is 124 g/mol. The fourth-order valence-corrected chi connectivity index (χ4v) is 0.378. The molecule has 0 amide bonds. The van der Waals surface area contributed by atoms with Gasteiger partial charge in [-0.25, -0.2) is 4.98 Å². The van der Waals surface area contributed by atoms with Gasteiger partial charge in [0.1, 0.15) is 0 Å². The first-order valence-corrected chi connectivity index (χ1v) is 2.15. The molecule has 2 N–H and O–H groups in total. The fraction of sp³-hybridized carbons (Fsp3) is 0. The molecule has 0 spiro atoms. The molecule has 0 saturated heterocycles. The SMILES string of the molecule is [O]c1c(O)nc[nH]c1=O. The number of rotatable bonds is 0. The number of hydrogen-bond donors (Lipinski definition) is 2. The van der Waals surface area contributed by atoms with Crippen molar-refractivity contribution in [2.75, 3.05) is 0 Å². The molecule has 0 fully saturated rings. The van der Waals surface area contributed by atoms with Crippen LogP contribution in [0.2, 0.25) is 0 Å². The predicted octanol–water partition coefficient (Wildman–Crippen LogP) is -0.381. The van der Waals surface area contributed by atoms with Crippen LogP contribution in [0, 0.1) is 0 Å². The Morgan fingerprint density at radius 1 is 1.67 bits per heavy atom. The van der Waals surface area contributed by atoms with E-state index < -0.39 is 17.2 Å². The van der Waals surface area contributed by atoms with E-state index >= 15 is 0 Å². The van der Waals surface area contributed by atoms with E-state index in [9.17, 15) is 9.90 Å². The predicted molar refractivity (Wildman–Crippen MR) is 26.7 cm³/mol. The molecule has 0 aliphatic rings. The van der Waals surface area contributed by atoms with Crippen LogP contribution < -0.4 is 5.56 Å². The van der Waals surface area contributed by atoms with Gasteiger partial charge in [-0.15, -0.1) is 0 Å². The molecule has 1 heterocycles. The van der Waals surface area contributed by atoms with E-state index in [0.29, 0.717) is 0 Å². The van der Waals surface area contributed by atoms with Gasteiger partial charge in [0, 0.05) is 0 Å². The zero-order valence-corrected chi connectivity index (χ0v) is 4.29. The summed E-state index contributed by atoms with van der Waals surface area (Å²) in [5, 5.41) is 18.8. The van der Waals surface area contributed by atoms with Gasteiger partial charge in [-0.2, -0.15) is 0 Å². The Morgan fingerprint density at radius 2 is 2.33 bits per heavy atom. The lowest BCUT2D eigenvalue weighted by atomic mass is 10.6. The zero-order chi connectivity index (χ0) is 6.85.